The molecule has 2 saturated heterocycles. The van der Waals surface area contributed by atoms with Crippen molar-refractivity contribution in [3.8, 4) is 0 Å². The maximum Gasteiger partial charge on any atom is 0.254 e. The van der Waals surface area contributed by atoms with Crippen LogP contribution >= 0.6 is 11.8 Å². The molecule has 2 atom stereocenters. The molecule has 1 N–H and O–H groups in total. The number of carbonyl (C=O) groups excluding carboxylic acids is 2. The van der Waals surface area contributed by atoms with Gasteiger partial charge in [0, 0.05) is 30.0 Å². The first-order valence-corrected chi connectivity index (χ1v) is 9.07. The van der Waals surface area contributed by atoms with Gasteiger partial charge in [0.2, 0.25) is 5.91 Å². The summed E-state index contributed by atoms with van der Waals surface area (Å²) in [5.41, 5.74) is 0.975. The van der Waals surface area contributed by atoms with Gasteiger partial charge in [-0.15, -0.1) is 11.8 Å². The van der Waals surface area contributed by atoms with Gasteiger partial charge in [-0.3, -0.25) is 9.59 Å². The summed E-state index contributed by atoms with van der Waals surface area (Å²) in [7, 11) is 0. The number of carbonyl (C=O) groups is 2. The second-order valence-corrected chi connectivity index (χ2v) is 7.90. The molecule has 0 saturated carbocycles. The van der Waals surface area contributed by atoms with E-state index < -0.39 is 0 Å². The van der Waals surface area contributed by atoms with Gasteiger partial charge < -0.3 is 19.7 Å². The minimum Gasteiger partial charge on any atom is -0.378 e. The van der Waals surface area contributed by atoms with Crippen LogP contribution in [0.4, 0.5) is 5.69 Å². The highest BCUT2D eigenvalue weighted by Gasteiger charge is 2.41. The zero-order valence-electron chi connectivity index (χ0n) is 13.5. The largest absolute Gasteiger partial charge is 0.378 e. The Bertz CT molecular complexity index is 687. The van der Waals surface area contributed by atoms with Crippen molar-refractivity contribution in [1.29, 1.82) is 0 Å². The number of benzene rings is 1. The summed E-state index contributed by atoms with van der Waals surface area (Å²) < 4.78 is 11.3. The van der Waals surface area contributed by atoms with E-state index in [1.54, 1.807) is 6.07 Å². The predicted octanol–water partition coefficient (Wildman–Crippen LogP) is 1.75. The Kier molecular flexibility index (Phi) is 4.02. The summed E-state index contributed by atoms with van der Waals surface area (Å²) >= 11 is 1.52. The Balaban J connectivity index is 1.54. The molecule has 0 bridgehead atoms. The number of morpholine rings is 1. The molecule has 2 amide bonds. The Hall–Kier alpha value is -1.57. The van der Waals surface area contributed by atoms with Crippen LogP contribution in [0.5, 0.6) is 0 Å². The van der Waals surface area contributed by atoms with E-state index in [9.17, 15) is 9.59 Å². The van der Waals surface area contributed by atoms with Gasteiger partial charge in [-0.2, -0.15) is 0 Å². The van der Waals surface area contributed by atoms with Gasteiger partial charge in [0.15, 0.2) is 0 Å². The number of thioether (sulfide) groups is 1. The molecule has 4 rings (SSSR count). The third-order valence-electron chi connectivity index (χ3n) is 4.76. The van der Waals surface area contributed by atoms with Crippen molar-refractivity contribution >= 4 is 29.3 Å². The highest BCUT2D eigenvalue weighted by molar-refractivity contribution is 8.00. The van der Waals surface area contributed by atoms with Gasteiger partial charge in [-0.05, 0) is 25.1 Å². The maximum atomic E-state index is 12.9. The molecular weight excluding hydrogens is 328 g/mol. The average molecular weight is 348 g/mol. The highest BCUT2D eigenvalue weighted by atomic mass is 32.2. The summed E-state index contributed by atoms with van der Waals surface area (Å²) in [6.45, 7) is 4.77. The van der Waals surface area contributed by atoms with Crippen LogP contribution in [0, 0.1) is 0 Å². The van der Waals surface area contributed by atoms with E-state index in [4.69, 9.17) is 9.47 Å². The van der Waals surface area contributed by atoms with E-state index in [0.717, 1.165) is 17.0 Å². The Morgan fingerprint density at radius 2 is 2.29 bits per heavy atom. The van der Waals surface area contributed by atoms with Gasteiger partial charge in [-0.1, -0.05) is 0 Å². The van der Waals surface area contributed by atoms with E-state index in [-0.39, 0.29) is 22.7 Å². The average Bonchev–Trinajstić information content (AvgIpc) is 3.02. The van der Waals surface area contributed by atoms with Crippen LogP contribution in [0.3, 0.4) is 0 Å². The molecule has 3 aliphatic rings. The summed E-state index contributed by atoms with van der Waals surface area (Å²) in [5, 5.41) is 2.77. The standard InChI is InChI=1S/C17H20N2O4S/c1-11-15(20)18-13-8-12(2-3-14(13)24-11)16(21)19-5-7-23-17(9-19)4-6-22-10-17/h2-3,8,11H,4-7,9-10H2,1H3,(H,18,20)/t11-,17+/m1/s1. The maximum absolute atomic E-state index is 12.9. The highest BCUT2D eigenvalue weighted by Crippen LogP contribution is 2.36. The van der Waals surface area contributed by atoms with Gasteiger partial charge in [0.05, 0.1) is 30.7 Å². The van der Waals surface area contributed by atoms with Crippen LogP contribution in [-0.2, 0) is 14.3 Å². The fourth-order valence-corrected chi connectivity index (χ4v) is 4.30. The van der Waals surface area contributed by atoms with Crippen molar-refractivity contribution in [1.82, 2.24) is 4.90 Å². The van der Waals surface area contributed by atoms with Crippen molar-refractivity contribution in [2.45, 2.75) is 29.1 Å². The third-order valence-corrected chi connectivity index (χ3v) is 5.94. The van der Waals surface area contributed by atoms with E-state index in [1.165, 1.54) is 11.8 Å². The molecule has 3 heterocycles. The summed E-state index contributed by atoms with van der Waals surface area (Å²) in [6.07, 6.45) is 0.825. The monoisotopic (exact) mass is 348 g/mol. The molecule has 0 aliphatic carbocycles. The first-order chi connectivity index (χ1) is 11.6. The zero-order valence-corrected chi connectivity index (χ0v) is 14.4. The third kappa shape index (κ3) is 2.81. The number of hydrogen-bond acceptors (Lipinski definition) is 5. The van der Waals surface area contributed by atoms with Crippen LogP contribution in [0.15, 0.2) is 23.1 Å². The van der Waals surface area contributed by atoms with Crippen molar-refractivity contribution < 1.29 is 19.1 Å². The summed E-state index contributed by atoms with van der Waals surface area (Å²) in [4.78, 5) is 27.6. The van der Waals surface area contributed by atoms with Gasteiger partial charge >= 0.3 is 0 Å². The molecule has 0 radical (unpaired) electrons. The SMILES string of the molecule is C[C@H]1Sc2ccc(C(=O)N3CCO[C@@]4(CCOC4)C3)cc2NC1=O. The van der Waals surface area contributed by atoms with Crippen molar-refractivity contribution in [3.05, 3.63) is 23.8 Å². The number of nitrogens with one attached hydrogen (secondary N) is 1. The molecule has 128 valence electrons. The minimum atomic E-state index is -0.346. The predicted molar refractivity (Wildman–Crippen MR) is 90.4 cm³/mol. The Labute approximate surface area is 144 Å². The smallest absolute Gasteiger partial charge is 0.254 e. The first kappa shape index (κ1) is 15.9. The molecule has 0 aromatic heterocycles. The summed E-state index contributed by atoms with van der Waals surface area (Å²) in [5.74, 6) is -0.0456. The normalized spacial score (nSPS) is 29.5. The molecule has 1 aromatic rings. The number of ether oxygens (including phenoxy) is 2. The van der Waals surface area contributed by atoms with Crippen LogP contribution < -0.4 is 5.32 Å². The molecule has 3 aliphatic heterocycles. The second-order valence-electron chi connectivity index (χ2n) is 6.52. The molecule has 1 aromatic carbocycles. The number of amides is 2. The van der Waals surface area contributed by atoms with E-state index in [2.05, 4.69) is 5.32 Å². The summed E-state index contributed by atoms with van der Waals surface area (Å²) in [6, 6.07) is 5.53. The number of fused-ring (bicyclic) bond motifs is 1. The van der Waals surface area contributed by atoms with E-state index >= 15 is 0 Å². The van der Waals surface area contributed by atoms with Crippen molar-refractivity contribution in [2.24, 2.45) is 0 Å². The zero-order chi connectivity index (χ0) is 16.7. The molecule has 2 fully saturated rings. The molecule has 1 spiro atoms. The quantitative estimate of drug-likeness (QED) is 0.837. The fraction of sp³-hybridized carbons (Fsp3) is 0.529. The Morgan fingerprint density at radius 3 is 3.08 bits per heavy atom. The van der Waals surface area contributed by atoms with Gasteiger partial charge in [0.25, 0.3) is 5.91 Å². The van der Waals surface area contributed by atoms with E-state index in [0.29, 0.717) is 38.5 Å². The van der Waals surface area contributed by atoms with Crippen molar-refractivity contribution in [2.75, 3.05) is 38.2 Å². The molecule has 24 heavy (non-hydrogen) atoms. The number of rotatable bonds is 1. The van der Waals surface area contributed by atoms with Gasteiger partial charge in [0.1, 0.15) is 5.60 Å². The minimum absolute atomic E-state index is 0.0227. The number of nitrogens with zero attached hydrogens (tertiary/aromatic N) is 1. The molecular formula is C17H20N2O4S. The topological polar surface area (TPSA) is 67.9 Å². The lowest BCUT2D eigenvalue weighted by atomic mass is 10.00. The molecule has 6 nitrogen and oxygen atoms in total. The van der Waals surface area contributed by atoms with E-state index in [1.807, 2.05) is 24.0 Å². The van der Waals surface area contributed by atoms with Crippen LogP contribution in [0.2, 0.25) is 0 Å². The second kappa shape index (κ2) is 6.06. The number of hydrogen-bond donors (Lipinski definition) is 1. The molecule has 7 heteroatoms. The van der Waals surface area contributed by atoms with Crippen LogP contribution in [0.25, 0.3) is 0 Å². The lowest BCUT2D eigenvalue weighted by Gasteiger charge is -2.39. The lowest BCUT2D eigenvalue weighted by molar-refractivity contribution is -0.115. The van der Waals surface area contributed by atoms with Crippen LogP contribution in [-0.4, -0.2) is 60.5 Å². The van der Waals surface area contributed by atoms with Gasteiger partial charge in [-0.25, -0.2) is 0 Å². The Morgan fingerprint density at radius 1 is 1.42 bits per heavy atom. The van der Waals surface area contributed by atoms with Crippen LogP contribution in [0.1, 0.15) is 23.7 Å². The molecule has 0 unspecified atom stereocenters. The van der Waals surface area contributed by atoms with Crippen molar-refractivity contribution in [3.63, 3.8) is 0 Å². The first-order valence-electron chi connectivity index (χ1n) is 8.19. The lowest BCUT2D eigenvalue weighted by Crippen LogP contribution is -2.54. The fourth-order valence-electron chi connectivity index (χ4n) is 3.37. The number of anilines is 1.